The van der Waals surface area contributed by atoms with Crippen molar-refractivity contribution in [3.63, 3.8) is 0 Å². The Morgan fingerprint density at radius 1 is 1.29 bits per heavy atom. The van der Waals surface area contributed by atoms with Gasteiger partial charge in [0.05, 0.1) is 25.4 Å². The van der Waals surface area contributed by atoms with E-state index < -0.39 is 0 Å². The molecule has 1 aromatic carbocycles. The molecule has 0 amide bonds. The molecule has 0 spiro atoms. The van der Waals surface area contributed by atoms with Gasteiger partial charge < -0.3 is 10.1 Å². The average Bonchev–Trinajstić information content (AvgIpc) is 2.91. The summed E-state index contributed by atoms with van der Waals surface area (Å²) >= 11 is 0. The van der Waals surface area contributed by atoms with E-state index >= 15 is 0 Å². The Morgan fingerprint density at radius 2 is 2.14 bits per heavy atom. The SMILES string of the molecule is CNc1nc2cc(OC)ccc2cc1Cn1cc(C)cn1. The number of hydrogen-bond donors (Lipinski definition) is 1. The Morgan fingerprint density at radius 3 is 2.81 bits per heavy atom. The topological polar surface area (TPSA) is 52.0 Å². The molecule has 0 aliphatic heterocycles. The van der Waals surface area contributed by atoms with Gasteiger partial charge in [0.2, 0.25) is 0 Å². The van der Waals surface area contributed by atoms with E-state index in [-0.39, 0.29) is 0 Å². The number of ether oxygens (including phenoxy) is 1. The fourth-order valence-corrected chi connectivity index (χ4v) is 2.38. The summed E-state index contributed by atoms with van der Waals surface area (Å²) in [5.41, 5.74) is 3.18. The van der Waals surface area contributed by atoms with E-state index in [0.29, 0.717) is 6.54 Å². The van der Waals surface area contributed by atoms with Crippen LogP contribution in [0.5, 0.6) is 5.75 Å². The highest BCUT2D eigenvalue weighted by Gasteiger charge is 2.08. The van der Waals surface area contributed by atoms with Crippen LogP contribution < -0.4 is 10.1 Å². The zero-order valence-electron chi connectivity index (χ0n) is 12.4. The fourth-order valence-electron chi connectivity index (χ4n) is 2.38. The van der Waals surface area contributed by atoms with E-state index in [9.17, 15) is 0 Å². The maximum absolute atomic E-state index is 5.25. The summed E-state index contributed by atoms with van der Waals surface area (Å²) in [5, 5.41) is 8.59. The Kier molecular flexibility index (Phi) is 3.48. The standard InChI is InChI=1S/C16H18N4O/c1-11-8-18-20(9-11)10-13-6-12-4-5-14(21-3)7-15(12)19-16(13)17-2/h4-9H,10H2,1-3H3,(H,17,19). The molecule has 3 rings (SSSR count). The molecule has 0 radical (unpaired) electrons. The van der Waals surface area contributed by atoms with Crippen LogP contribution in [0.1, 0.15) is 11.1 Å². The zero-order chi connectivity index (χ0) is 14.8. The summed E-state index contributed by atoms with van der Waals surface area (Å²) in [4.78, 5) is 4.67. The maximum atomic E-state index is 5.25. The minimum Gasteiger partial charge on any atom is -0.497 e. The number of fused-ring (bicyclic) bond motifs is 1. The number of benzene rings is 1. The van der Waals surface area contributed by atoms with Crippen LogP contribution in [0, 0.1) is 6.92 Å². The van der Waals surface area contributed by atoms with Crippen molar-refractivity contribution in [2.75, 3.05) is 19.5 Å². The molecule has 0 unspecified atom stereocenters. The van der Waals surface area contributed by atoms with Gasteiger partial charge in [0.1, 0.15) is 11.6 Å². The van der Waals surface area contributed by atoms with Crippen LogP contribution in [0.2, 0.25) is 0 Å². The minimum atomic E-state index is 0.693. The first-order valence-corrected chi connectivity index (χ1v) is 6.84. The first kappa shape index (κ1) is 13.4. The third kappa shape index (κ3) is 2.67. The summed E-state index contributed by atoms with van der Waals surface area (Å²) < 4.78 is 7.17. The van der Waals surface area contributed by atoms with Crippen molar-refractivity contribution in [3.8, 4) is 5.75 Å². The summed E-state index contributed by atoms with van der Waals surface area (Å²) in [7, 11) is 3.54. The lowest BCUT2D eigenvalue weighted by Crippen LogP contribution is -2.05. The largest absolute Gasteiger partial charge is 0.497 e. The van der Waals surface area contributed by atoms with E-state index in [1.807, 2.05) is 49.2 Å². The summed E-state index contributed by atoms with van der Waals surface area (Å²) in [6.07, 6.45) is 3.88. The van der Waals surface area contributed by atoms with Gasteiger partial charge in [-0.15, -0.1) is 0 Å². The van der Waals surface area contributed by atoms with Gasteiger partial charge in [0, 0.05) is 30.3 Å². The molecule has 0 saturated heterocycles. The Hall–Kier alpha value is -2.56. The predicted octanol–water partition coefficient (Wildman–Crippen LogP) is 2.84. The first-order chi connectivity index (χ1) is 10.2. The third-order valence-electron chi connectivity index (χ3n) is 3.44. The molecule has 108 valence electrons. The van der Waals surface area contributed by atoms with Crippen LogP contribution in [0.3, 0.4) is 0 Å². The molecule has 1 N–H and O–H groups in total. The second kappa shape index (κ2) is 5.44. The number of aryl methyl sites for hydroxylation is 1. The number of hydrogen-bond acceptors (Lipinski definition) is 4. The van der Waals surface area contributed by atoms with Gasteiger partial charge in [-0.2, -0.15) is 5.10 Å². The number of nitrogens with zero attached hydrogens (tertiary/aromatic N) is 3. The lowest BCUT2D eigenvalue weighted by molar-refractivity contribution is 0.415. The number of methoxy groups -OCH3 is 1. The number of anilines is 1. The molecule has 2 aromatic heterocycles. The lowest BCUT2D eigenvalue weighted by atomic mass is 10.1. The highest BCUT2D eigenvalue weighted by Crippen LogP contribution is 2.24. The Bertz CT molecular complexity index is 779. The zero-order valence-corrected chi connectivity index (χ0v) is 12.4. The van der Waals surface area contributed by atoms with Crippen molar-refractivity contribution in [3.05, 3.63) is 47.8 Å². The molecule has 0 fully saturated rings. The fraction of sp³-hybridized carbons (Fsp3) is 0.250. The van der Waals surface area contributed by atoms with Crippen molar-refractivity contribution in [2.45, 2.75) is 13.5 Å². The predicted molar refractivity (Wildman–Crippen MR) is 83.9 cm³/mol. The Balaban J connectivity index is 2.04. The van der Waals surface area contributed by atoms with Crippen LogP contribution in [0.15, 0.2) is 36.7 Å². The van der Waals surface area contributed by atoms with Crippen molar-refractivity contribution in [1.29, 1.82) is 0 Å². The highest BCUT2D eigenvalue weighted by atomic mass is 16.5. The highest BCUT2D eigenvalue weighted by molar-refractivity contribution is 5.83. The van der Waals surface area contributed by atoms with E-state index in [2.05, 4.69) is 21.5 Å². The smallest absolute Gasteiger partial charge is 0.131 e. The Labute approximate surface area is 123 Å². The molecule has 0 aliphatic rings. The molecular formula is C16H18N4O. The van der Waals surface area contributed by atoms with E-state index in [4.69, 9.17) is 4.74 Å². The van der Waals surface area contributed by atoms with Crippen molar-refractivity contribution < 1.29 is 4.74 Å². The van der Waals surface area contributed by atoms with Gasteiger partial charge in [-0.25, -0.2) is 4.98 Å². The first-order valence-electron chi connectivity index (χ1n) is 6.84. The van der Waals surface area contributed by atoms with Crippen LogP contribution in [0.4, 0.5) is 5.82 Å². The van der Waals surface area contributed by atoms with Crippen molar-refractivity contribution >= 4 is 16.7 Å². The second-order valence-corrected chi connectivity index (χ2v) is 5.02. The number of rotatable bonds is 4. The lowest BCUT2D eigenvalue weighted by Gasteiger charge is -2.11. The number of pyridine rings is 1. The third-order valence-corrected chi connectivity index (χ3v) is 3.44. The van der Waals surface area contributed by atoms with Crippen LogP contribution in [-0.2, 0) is 6.54 Å². The molecule has 0 bridgehead atoms. The van der Waals surface area contributed by atoms with E-state index in [1.165, 1.54) is 0 Å². The molecule has 2 heterocycles. The summed E-state index contributed by atoms with van der Waals surface area (Å²) in [5.74, 6) is 1.68. The molecule has 5 nitrogen and oxygen atoms in total. The number of nitrogens with one attached hydrogen (secondary N) is 1. The maximum Gasteiger partial charge on any atom is 0.131 e. The average molecular weight is 282 g/mol. The van der Waals surface area contributed by atoms with E-state index in [0.717, 1.165) is 33.6 Å². The van der Waals surface area contributed by atoms with Crippen LogP contribution in [0.25, 0.3) is 10.9 Å². The quantitative estimate of drug-likeness (QED) is 0.799. The molecule has 0 atom stereocenters. The molecule has 21 heavy (non-hydrogen) atoms. The molecule has 3 aromatic rings. The van der Waals surface area contributed by atoms with Crippen LogP contribution in [-0.4, -0.2) is 28.9 Å². The monoisotopic (exact) mass is 282 g/mol. The summed E-state index contributed by atoms with van der Waals surface area (Å²) in [6, 6.07) is 8.06. The van der Waals surface area contributed by atoms with Crippen molar-refractivity contribution in [1.82, 2.24) is 14.8 Å². The molecule has 0 saturated carbocycles. The van der Waals surface area contributed by atoms with Gasteiger partial charge in [-0.1, -0.05) is 0 Å². The number of aromatic nitrogens is 3. The van der Waals surface area contributed by atoms with E-state index in [1.54, 1.807) is 7.11 Å². The van der Waals surface area contributed by atoms with Crippen molar-refractivity contribution in [2.24, 2.45) is 0 Å². The minimum absolute atomic E-state index is 0.693. The van der Waals surface area contributed by atoms with Gasteiger partial charge in [-0.3, -0.25) is 4.68 Å². The molecule has 5 heteroatoms. The van der Waals surface area contributed by atoms with Gasteiger partial charge in [0.15, 0.2) is 0 Å². The normalized spacial score (nSPS) is 10.8. The van der Waals surface area contributed by atoms with Gasteiger partial charge in [-0.05, 0) is 30.7 Å². The molecule has 0 aliphatic carbocycles. The van der Waals surface area contributed by atoms with Gasteiger partial charge >= 0.3 is 0 Å². The van der Waals surface area contributed by atoms with Gasteiger partial charge in [0.25, 0.3) is 0 Å². The summed E-state index contributed by atoms with van der Waals surface area (Å²) in [6.45, 7) is 2.73. The molecular weight excluding hydrogens is 264 g/mol. The van der Waals surface area contributed by atoms with Crippen LogP contribution >= 0.6 is 0 Å². The second-order valence-electron chi connectivity index (χ2n) is 5.02.